The number of hydrogen-bond donors (Lipinski definition) is 0. The van der Waals surface area contributed by atoms with Crippen LogP contribution in [-0.2, 0) is 0 Å². The fourth-order valence-electron chi connectivity index (χ4n) is 8.43. The number of nitrogens with zero attached hydrogens (tertiary/aromatic N) is 2. The molecule has 0 aliphatic carbocycles. The average molecular weight is 767 g/mol. The molecule has 10 aromatic carbocycles. The summed E-state index contributed by atoms with van der Waals surface area (Å²) in [4.78, 5) is 4.64. The molecule has 2 nitrogen and oxygen atoms in total. The largest absolute Gasteiger partial charge is 0.311 e. The molecular formula is C58H42N2. The molecule has 0 radical (unpaired) electrons. The molecule has 0 N–H and O–H groups in total. The van der Waals surface area contributed by atoms with Crippen molar-refractivity contribution in [2.75, 3.05) is 9.80 Å². The Kier molecular flexibility index (Phi) is 10.0. The molecule has 2 heteroatoms. The van der Waals surface area contributed by atoms with E-state index in [2.05, 4.69) is 265 Å². The number of benzene rings is 10. The Morgan fingerprint density at radius 2 is 0.550 bits per heavy atom. The minimum Gasteiger partial charge on any atom is -0.311 e. The van der Waals surface area contributed by atoms with Crippen molar-refractivity contribution in [3.05, 3.63) is 254 Å². The zero-order valence-corrected chi connectivity index (χ0v) is 33.1. The molecule has 0 spiro atoms. The van der Waals surface area contributed by atoms with E-state index in [1.807, 2.05) is 0 Å². The van der Waals surface area contributed by atoms with Crippen molar-refractivity contribution in [2.24, 2.45) is 0 Å². The van der Waals surface area contributed by atoms with Crippen molar-refractivity contribution in [1.82, 2.24) is 0 Å². The summed E-state index contributed by atoms with van der Waals surface area (Å²) in [7, 11) is 0. The molecule has 0 unspecified atom stereocenters. The Balaban J connectivity index is 1.11. The lowest BCUT2D eigenvalue weighted by Crippen LogP contribution is -2.09. The third kappa shape index (κ3) is 7.23. The molecule has 10 aromatic rings. The predicted molar refractivity (Wildman–Crippen MR) is 257 cm³/mol. The molecule has 0 saturated carbocycles. The highest BCUT2D eigenvalue weighted by molar-refractivity contribution is 6.22. The summed E-state index contributed by atoms with van der Waals surface area (Å²) < 4.78 is 0. The van der Waals surface area contributed by atoms with Gasteiger partial charge in [-0.2, -0.15) is 0 Å². The predicted octanol–water partition coefficient (Wildman–Crippen LogP) is 16.4. The van der Waals surface area contributed by atoms with E-state index in [0.717, 1.165) is 45.3 Å². The van der Waals surface area contributed by atoms with Crippen LogP contribution < -0.4 is 9.80 Å². The Hall–Kier alpha value is -7.94. The minimum atomic E-state index is 1.11. The van der Waals surface area contributed by atoms with Crippen LogP contribution in [0.25, 0.3) is 56.0 Å². The summed E-state index contributed by atoms with van der Waals surface area (Å²) in [6.45, 7) is 0. The highest BCUT2D eigenvalue weighted by atomic mass is 15.1. The van der Waals surface area contributed by atoms with Crippen LogP contribution in [0.2, 0.25) is 0 Å². The summed E-state index contributed by atoms with van der Waals surface area (Å²) in [6, 6.07) is 86.9. The van der Waals surface area contributed by atoms with Crippen LogP contribution in [0, 0.1) is 0 Å². The van der Waals surface area contributed by atoms with Gasteiger partial charge in [0.05, 0.1) is 0 Å². The van der Waals surface area contributed by atoms with E-state index in [1.165, 1.54) is 43.8 Å². The first kappa shape index (κ1) is 36.4. The molecule has 0 atom stereocenters. The Morgan fingerprint density at radius 1 is 0.233 bits per heavy atom. The molecule has 0 aliphatic rings. The maximum absolute atomic E-state index is 2.39. The van der Waals surface area contributed by atoms with Crippen molar-refractivity contribution in [3.63, 3.8) is 0 Å². The van der Waals surface area contributed by atoms with Gasteiger partial charge < -0.3 is 9.80 Å². The summed E-state index contributed by atoms with van der Waals surface area (Å²) in [5.74, 6) is 0. The van der Waals surface area contributed by atoms with Crippen LogP contribution in [0.15, 0.2) is 243 Å². The first-order valence-corrected chi connectivity index (χ1v) is 20.5. The topological polar surface area (TPSA) is 6.48 Å². The third-order valence-electron chi connectivity index (χ3n) is 11.2. The summed E-state index contributed by atoms with van der Waals surface area (Å²) >= 11 is 0. The molecule has 0 aromatic heterocycles. The van der Waals surface area contributed by atoms with Crippen molar-refractivity contribution in [1.29, 1.82) is 0 Å². The van der Waals surface area contributed by atoms with Gasteiger partial charge in [-0.1, -0.05) is 176 Å². The monoisotopic (exact) mass is 766 g/mol. The first-order valence-electron chi connectivity index (χ1n) is 20.5. The zero-order chi connectivity index (χ0) is 40.1. The molecule has 60 heavy (non-hydrogen) atoms. The maximum Gasteiger partial charge on any atom is 0.0468 e. The second kappa shape index (κ2) is 16.5. The van der Waals surface area contributed by atoms with Crippen LogP contribution >= 0.6 is 0 Å². The van der Waals surface area contributed by atoms with E-state index in [4.69, 9.17) is 0 Å². The van der Waals surface area contributed by atoms with Gasteiger partial charge in [0.2, 0.25) is 0 Å². The molecule has 0 aliphatic heterocycles. The van der Waals surface area contributed by atoms with Crippen molar-refractivity contribution >= 4 is 67.8 Å². The van der Waals surface area contributed by atoms with Gasteiger partial charge in [-0.25, -0.2) is 0 Å². The molecule has 284 valence electrons. The lowest BCUT2D eigenvalue weighted by molar-refractivity contribution is 1.28. The summed E-state index contributed by atoms with van der Waals surface area (Å²) in [5, 5.41) is 4.89. The summed E-state index contributed by atoms with van der Waals surface area (Å²) in [6.07, 6.45) is 4.46. The van der Waals surface area contributed by atoms with Crippen LogP contribution in [0.3, 0.4) is 0 Å². The van der Waals surface area contributed by atoms with E-state index in [-0.39, 0.29) is 0 Å². The van der Waals surface area contributed by atoms with E-state index in [1.54, 1.807) is 0 Å². The van der Waals surface area contributed by atoms with Gasteiger partial charge in [0.1, 0.15) is 0 Å². The van der Waals surface area contributed by atoms with Gasteiger partial charge in [0.15, 0.2) is 0 Å². The smallest absolute Gasteiger partial charge is 0.0468 e. The number of rotatable bonds is 10. The third-order valence-corrected chi connectivity index (χ3v) is 11.2. The molecule has 10 rings (SSSR count). The Labute approximate surface area is 352 Å². The molecule has 0 fully saturated rings. The fourth-order valence-corrected chi connectivity index (χ4v) is 8.43. The number of para-hydroxylation sites is 4. The van der Waals surface area contributed by atoms with Gasteiger partial charge in [-0.15, -0.1) is 0 Å². The zero-order valence-electron chi connectivity index (χ0n) is 33.1. The van der Waals surface area contributed by atoms with E-state index in [9.17, 15) is 0 Å². The molecule has 0 heterocycles. The van der Waals surface area contributed by atoms with Crippen molar-refractivity contribution < 1.29 is 0 Å². The van der Waals surface area contributed by atoms with Gasteiger partial charge >= 0.3 is 0 Å². The van der Waals surface area contributed by atoms with Crippen molar-refractivity contribution in [2.45, 2.75) is 0 Å². The van der Waals surface area contributed by atoms with Gasteiger partial charge in [-0.05, 0) is 134 Å². The minimum absolute atomic E-state index is 1.11. The fraction of sp³-hybridized carbons (Fsp3) is 0. The number of fused-ring (bicyclic) bond motifs is 3. The second-order valence-corrected chi connectivity index (χ2v) is 15.0. The Bertz CT molecular complexity index is 2960. The van der Waals surface area contributed by atoms with Crippen LogP contribution in [0.5, 0.6) is 0 Å². The van der Waals surface area contributed by atoms with Gasteiger partial charge in [0.25, 0.3) is 0 Å². The normalized spacial score (nSPS) is 11.3. The van der Waals surface area contributed by atoms with E-state index in [0.29, 0.717) is 0 Å². The molecular weight excluding hydrogens is 725 g/mol. The quantitative estimate of drug-likeness (QED) is 0.101. The first-order chi connectivity index (χ1) is 29.8. The number of anilines is 6. The van der Waals surface area contributed by atoms with E-state index < -0.39 is 0 Å². The van der Waals surface area contributed by atoms with E-state index >= 15 is 0 Å². The highest BCUT2D eigenvalue weighted by Crippen LogP contribution is 2.47. The second-order valence-electron chi connectivity index (χ2n) is 15.0. The number of hydrogen-bond acceptors (Lipinski definition) is 2. The Morgan fingerprint density at radius 3 is 1.00 bits per heavy atom. The molecule has 0 bridgehead atoms. The van der Waals surface area contributed by atoms with Gasteiger partial charge in [-0.3, -0.25) is 0 Å². The highest BCUT2D eigenvalue weighted by Gasteiger charge is 2.20. The van der Waals surface area contributed by atoms with Crippen molar-refractivity contribution in [3.8, 4) is 22.3 Å². The maximum atomic E-state index is 2.39. The molecule has 0 amide bonds. The SMILES string of the molecule is C(=C\c1ccc2c(c1)c(-c1ccccc1)c(-c1ccccc1)c1cc(N(c3ccccc3)c3ccccc3)ccc12)/c1ccc(N(c2ccccc2)c2ccccc2)cc1. The lowest BCUT2D eigenvalue weighted by Gasteiger charge is -2.27. The van der Waals surface area contributed by atoms with Crippen LogP contribution in [0.4, 0.5) is 34.1 Å². The summed E-state index contributed by atoms with van der Waals surface area (Å²) in [5.41, 5.74) is 13.8. The average Bonchev–Trinajstić information content (AvgIpc) is 3.33. The van der Waals surface area contributed by atoms with Crippen LogP contribution in [-0.4, -0.2) is 0 Å². The van der Waals surface area contributed by atoms with Gasteiger partial charge in [0, 0.05) is 34.1 Å². The van der Waals surface area contributed by atoms with Crippen LogP contribution in [0.1, 0.15) is 11.1 Å². The lowest BCUT2D eigenvalue weighted by atomic mass is 9.84. The standard InChI is InChI=1S/C58H42N2/c1-7-19-45(20-8-1)57-55-41-44(32-31-43-33-36-51(37-34-43)59(47-23-11-3-12-24-47)48-25-13-4-14-26-48)35-39-53(55)54-40-38-52(42-56(54)58(57)46-21-9-2-10-22-46)60(49-27-15-5-16-28-49)50-29-17-6-18-30-50/h1-42H/b32-31+. The molecule has 0 saturated heterocycles.